The largest absolute Gasteiger partial charge is 0.497 e. The van der Waals surface area contributed by atoms with Crippen molar-refractivity contribution in [2.24, 2.45) is 0 Å². The molecule has 0 atom stereocenters. The molecule has 0 saturated carbocycles. The summed E-state index contributed by atoms with van der Waals surface area (Å²) in [7, 11) is 0.272. The molecular weight excluding hydrogens is 480 g/mol. The molecule has 34 heavy (non-hydrogen) atoms. The molecule has 10 heteroatoms. The maximum atomic E-state index is 13.1. The fourth-order valence-corrected chi connectivity index (χ4v) is 4.63. The van der Waals surface area contributed by atoms with Crippen LogP contribution in [0.5, 0.6) is 17.2 Å². The van der Waals surface area contributed by atoms with Crippen molar-refractivity contribution in [3.63, 3.8) is 0 Å². The molecule has 0 fully saturated rings. The first-order valence-electron chi connectivity index (χ1n) is 10.2. The predicted octanol–water partition coefficient (Wildman–Crippen LogP) is 4.14. The molecule has 0 spiro atoms. The Hall–Kier alpha value is -3.43. The van der Waals surface area contributed by atoms with Gasteiger partial charge in [0.25, 0.3) is 15.9 Å². The van der Waals surface area contributed by atoms with E-state index in [-0.39, 0.29) is 21.9 Å². The SMILES string of the molecule is COc1ccc(CCNC(=O)c2cc(Cl)ccc2NS(=O)(=O)c2cc(OC)ccc2OC)cc1. The minimum atomic E-state index is -4.12. The van der Waals surface area contributed by atoms with Crippen molar-refractivity contribution in [1.82, 2.24) is 5.32 Å². The van der Waals surface area contributed by atoms with Crippen molar-refractivity contribution in [3.8, 4) is 17.2 Å². The Kier molecular flexibility index (Phi) is 8.25. The molecule has 1 amide bonds. The van der Waals surface area contributed by atoms with E-state index in [9.17, 15) is 13.2 Å². The lowest BCUT2D eigenvalue weighted by atomic mass is 10.1. The third-order valence-electron chi connectivity index (χ3n) is 4.99. The Labute approximate surface area is 203 Å². The van der Waals surface area contributed by atoms with Crippen molar-refractivity contribution in [2.45, 2.75) is 11.3 Å². The molecule has 0 unspecified atom stereocenters. The fraction of sp³-hybridized carbons (Fsp3) is 0.208. The van der Waals surface area contributed by atoms with Crippen LogP contribution >= 0.6 is 11.6 Å². The molecular formula is C24H25ClN2O6S. The number of carbonyl (C=O) groups excluding carboxylic acids is 1. The van der Waals surface area contributed by atoms with Crippen LogP contribution in [-0.4, -0.2) is 42.2 Å². The maximum absolute atomic E-state index is 13.1. The monoisotopic (exact) mass is 504 g/mol. The summed E-state index contributed by atoms with van der Waals surface area (Å²) in [4.78, 5) is 12.8. The van der Waals surface area contributed by atoms with Crippen molar-refractivity contribution >= 4 is 33.2 Å². The highest BCUT2D eigenvalue weighted by molar-refractivity contribution is 7.92. The van der Waals surface area contributed by atoms with Crippen LogP contribution in [0.3, 0.4) is 0 Å². The van der Waals surface area contributed by atoms with Gasteiger partial charge in [-0.25, -0.2) is 8.42 Å². The van der Waals surface area contributed by atoms with E-state index >= 15 is 0 Å². The van der Waals surface area contributed by atoms with Crippen LogP contribution in [0, 0.1) is 0 Å². The van der Waals surface area contributed by atoms with Gasteiger partial charge in [-0.15, -0.1) is 0 Å². The minimum absolute atomic E-state index is 0.0798. The second kappa shape index (κ2) is 11.1. The summed E-state index contributed by atoms with van der Waals surface area (Å²) < 4.78 is 44.2. The molecule has 8 nitrogen and oxygen atoms in total. The van der Waals surface area contributed by atoms with Gasteiger partial charge in [-0.3, -0.25) is 9.52 Å². The third-order valence-corrected chi connectivity index (χ3v) is 6.61. The Morgan fingerprint density at radius 1 is 0.882 bits per heavy atom. The topological polar surface area (TPSA) is 103 Å². The molecule has 3 aromatic rings. The number of nitrogens with one attached hydrogen (secondary N) is 2. The maximum Gasteiger partial charge on any atom is 0.265 e. The van der Waals surface area contributed by atoms with E-state index in [4.69, 9.17) is 25.8 Å². The van der Waals surface area contributed by atoms with Gasteiger partial charge in [-0.2, -0.15) is 0 Å². The highest BCUT2D eigenvalue weighted by atomic mass is 35.5. The first-order chi connectivity index (χ1) is 16.3. The predicted molar refractivity (Wildman–Crippen MR) is 131 cm³/mol. The molecule has 0 radical (unpaired) electrons. The average Bonchev–Trinajstić information content (AvgIpc) is 2.84. The van der Waals surface area contributed by atoms with Gasteiger partial charge in [0, 0.05) is 17.6 Å². The number of carbonyl (C=O) groups is 1. The number of hydrogen-bond acceptors (Lipinski definition) is 6. The Morgan fingerprint density at radius 2 is 1.56 bits per heavy atom. The molecule has 0 aromatic heterocycles. The number of sulfonamides is 1. The number of methoxy groups -OCH3 is 3. The van der Waals surface area contributed by atoms with Gasteiger partial charge in [0.1, 0.15) is 22.1 Å². The highest BCUT2D eigenvalue weighted by Crippen LogP contribution is 2.31. The van der Waals surface area contributed by atoms with E-state index in [1.54, 1.807) is 13.2 Å². The standard InChI is InChI=1S/C24H25ClN2O6S/c1-31-18-7-4-16(5-8-18)12-13-26-24(28)20-14-17(25)6-10-21(20)27-34(29,30)23-15-19(32-2)9-11-22(23)33-3/h4-11,14-15,27H,12-13H2,1-3H3,(H,26,28). The summed E-state index contributed by atoms with van der Waals surface area (Å²) in [6.45, 7) is 0.341. The van der Waals surface area contributed by atoms with Crippen molar-refractivity contribution < 1.29 is 27.4 Å². The number of halogens is 1. The molecule has 0 aliphatic carbocycles. The van der Waals surface area contributed by atoms with Gasteiger partial charge < -0.3 is 19.5 Å². The smallest absolute Gasteiger partial charge is 0.265 e. The number of hydrogen-bond donors (Lipinski definition) is 2. The van der Waals surface area contributed by atoms with E-state index in [2.05, 4.69) is 10.0 Å². The molecule has 3 aromatic carbocycles. The van der Waals surface area contributed by atoms with E-state index in [1.807, 2.05) is 24.3 Å². The van der Waals surface area contributed by atoms with Crippen LogP contribution in [-0.2, 0) is 16.4 Å². The first-order valence-corrected chi connectivity index (χ1v) is 12.1. The van der Waals surface area contributed by atoms with E-state index in [1.165, 1.54) is 44.6 Å². The van der Waals surface area contributed by atoms with Gasteiger partial charge in [0.05, 0.1) is 32.6 Å². The van der Waals surface area contributed by atoms with E-state index < -0.39 is 15.9 Å². The van der Waals surface area contributed by atoms with E-state index in [0.29, 0.717) is 23.7 Å². The normalized spacial score (nSPS) is 10.9. The minimum Gasteiger partial charge on any atom is -0.497 e. The molecule has 0 saturated heterocycles. The van der Waals surface area contributed by atoms with Crippen LogP contribution < -0.4 is 24.2 Å². The molecule has 0 aliphatic rings. The first kappa shape index (κ1) is 25.2. The van der Waals surface area contributed by atoms with E-state index in [0.717, 1.165) is 11.3 Å². The zero-order valence-electron chi connectivity index (χ0n) is 18.9. The summed E-state index contributed by atoms with van der Waals surface area (Å²) in [5, 5.41) is 3.10. The average molecular weight is 505 g/mol. The van der Waals surface area contributed by atoms with Crippen molar-refractivity contribution in [2.75, 3.05) is 32.6 Å². The lowest BCUT2D eigenvalue weighted by Crippen LogP contribution is -2.27. The summed E-state index contributed by atoms with van der Waals surface area (Å²) in [6, 6.07) is 16.3. The van der Waals surface area contributed by atoms with Gasteiger partial charge in [0.2, 0.25) is 0 Å². The van der Waals surface area contributed by atoms with Crippen LogP contribution in [0.25, 0.3) is 0 Å². The lowest BCUT2D eigenvalue weighted by Gasteiger charge is -2.15. The molecule has 3 rings (SSSR count). The second-order valence-corrected chi connectivity index (χ2v) is 9.25. The second-order valence-electron chi connectivity index (χ2n) is 7.17. The summed E-state index contributed by atoms with van der Waals surface area (Å²) in [5.41, 5.74) is 1.18. The molecule has 0 aliphatic heterocycles. The number of ether oxygens (including phenoxy) is 3. The Morgan fingerprint density at radius 3 is 2.21 bits per heavy atom. The summed E-state index contributed by atoms with van der Waals surface area (Å²) in [6.07, 6.45) is 0.582. The van der Waals surface area contributed by atoms with Crippen LogP contribution in [0.1, 0.15) is 15.9 Å². The molecule has 2 N–H and O–H groups in total. The Bertz CT molecular complexity index is 1260. The van der Waals surface area contributed by atoms with Crippen molar-refractivity contribution in [3.05, 3.63) is 76.8 Å². The van der Waals surface area contributed by atoms with Gasteiger partial charge in [-0.1, -0.05) is 23.7 Å². The number of rotatable bonds is 10. The molecule has 180 valence electrons. The van der Waals surface area contributed by atoms with Crippen LogP contribution in [0.15, 0.2) is 65.6 Å². The van der Waals surface area contributed by atoms with Gasteiger partial charge >= 0.3 is 0 Å². The van der Waals surface area contributed by atoms with Gasteiger partial charge in [0.15, 0.2) is 0 Å². The quantitative estimate of drug-likeness (QED) is 0.430. The molecule has 0 bridgehead atoms. The Balaban J connectivity index is 1.79. The van der Waals surface area contributed by atoms with Crippen LogP contribution in [0.4, 0.5) is 5.69 Å². The summed E-state index contributed by atoms with van der Waals surface area (Å²) >= 11 is 6.09. The third kappa shape index (κ3) is 6.12. The zero-order valence-corrected chi connectivity index (χ0v) is 20.5. The van der Waals surface area contributed by atoms with Crippen LogP contribution in [0.2, 0.25) is 5.02 Å². The molecule has 0 heterocycles. The van der Waals surface area contributed by atoms with Crippen molar-refractivity contribution in [1.29, 1.82) is 0 Å². The number of benzene rings is 3. The highest BCUT2D eigenvalue weighted by Gasteiger charge is 2.23. The fourth-order valence-electron chi connectivity index (χ4n) is 3.19. The van der Waals surface area contributed by atoms with Gasteiger partial charge in [-0.05, 0) is 54.4 Å². The lowest BCUT2D eigenvalue weighted by molar-refractivity contribution is 0.0955. The number of anilines is 1. The summed E-state index contributed by atoms with van der Waals surface area (Å²) in [5.74, 6) is 0.754. The number of amides is 1. The zero-order chi connectivity index (χ0) is 24.7.